The van der Waals surface area contributed by atoms with Crippen molar-refractivity contribution in [3.63, 3.8) is 0 Å². The minimum absolute atomic E-state index is 0.165. The second-order valence-electron chi connectivity index (χ2n) is 9.00. The molecule has 0 amide bonds. The van der Waals surface area contributed by atoms with Gasteiger partial charge in [0.1, 0.15) is 17.8 Å². The van der Waals surface area contributed by atoms with Gasteiger partial charge in [-0.1, -0.05) is 17.7 Å². The average Bonchev–Trinajstić information content (AvgIpc) is 3.03. The normalized spacial score (nSPS) is 22.6. The Labute approximate surface area is 203 Å². The minimum Gasteiger partial charge on any atom is -0.474 e. The summed E-state index contributed by atoms with van der Waals surface area (Å²) in [5, 5.41) is 9.96. The van der Waals surface area contributed by atoms with Crippen molar-refractivity contribution in [2.24, 2.45) is 0 Å². The Morgan fingerprint density at radius 2 is 1.79 bits per heavy atom. The second kappa shape index (κ2) is 8.80. The third-order valence-electron chi connectivity index (χ3n) is 6.72. The number of fused-ring (bicyclic) bond motifs is 3. The number of nitrogens with zero attached hydrogens (tertiary/aromatic N) is 4. The van der Waals surface area contributed by atoms with Gasteiger partial charge in [-0.25, -0.2) is 4.98 Å². The molecule has 0 bridgehead atoms. The fraction of sp³-hybridized carbons (Fsp3) is 0.346. The monoisotopic (exact) mass is 476 g/mol. The quantitative estimate of drug-likeness (QED) is 0.511. The molecule has 6 rings (SSSR count). The van der Waals surface area contributed by atoms with Gasteiger partial charge in [0.15, 0.2) is 0 Å². The average molecular weight is 477 g/mol. The molecule has 174 valence electrons. The maximum atomic E-state index is 6.39. The summed E-state index contributed by atoms with van der Waals surface area (Å²) >= 11 is 6.39. The van der Waals surface area contributed by atoms with E-state index in [1.54, 1.807) is 18.7 Å². The topological polar surface area (TPSA) is 71.3 Å². The molecule has 1 saturated carbocycles. The lowest BCUT2D eigenvalue weighted by atomic mass is 9.86. The van der Waals surface area contributed by atoms with Crippen LogP contribution >= 0.6 is 11.6 Å². The number of hydrogen-bond acceptors (Lipinski definition) is 6. The summed E-state index contributed by atoms with van der Waals surface area (Å²) in [7, 11) is 0. The van der Waals surface area contributed by atoms with Gasteiger partial charge in [-0.15, -0.1) is 10.2 Å². The van der Waals surface area contributed by atoms with E-state index in [1.807, 2.05) is 48.6 Å². The molecule has 2 aliphatic heterocycles. The smallest absolute Gasteiger partial charge is 0.260 e. The first kappa shape index (κ1) is 21.2. The van der Waals surface area contributed by atoms with Crippen LogP contribution in [0.25, 0.3) is 5.69 Å². The highest BCUT2D eigenvalue weighted by Gasteiger charge is 2.41. The fourth-order valence-electron chi connectivity index (χ4n) is 5.12. The lowest BCUT2D eigenvalue weighted by Crippen LogP contribution is -2.37. The number of halogens is 1. The van der Waals surface area contributed by atoms with Gasteiger partial charge in [0, 0.05) is 23.2 Å². The summed E-state index contributed by atoms with van der Waals surface area (Å²) in [6, 6.07) is 11.7. The molecule has 0 N–H and O–H groups in total. The molecule has 34 heavy (non-hydrogen) atoms. The van der Waals surface area contributed by atoms with Crippen molar-refractivity contribution in [2.75, 3.05) is 0 Å². The van der Waals surface area contributed by atoms with E-state index in [-0.39, 0.29) is 12.0 Å². The Morgan fingerprint density at radius 1 is 0.971 bits per heavy atom. The first-order chi connectivity index (χ1) is 16.7. The molecular weight excluding hydrogens is 452 g/mol. The Kier molecular flexibility index (Phi) is 5.49. The van der Waals surface area contributed by atoms with Crippen molar-refractivity contribution >= 4 is 11.6 Å². The van der Waals surface area contributed by atoms with Crippen LogP contribution in [0.15, 0.2) is 67.3 Å². The molecule has 3 aliphatic rings. The van der Waals surface area contributed by atoms with Crippen LogP contribution in [0.2, 0.25) is 5.02 Å². The lowest BCUT2D eigenvalue weighted by Gasteiger charge is -2.29. The first-order valence-electron chi connectivity index (χ1n) is 11.7. The van der Waals surface area contributed by atoms with Crippen molar-refractivity contribution < 1.29 is 14.2 Å². The van der Waals surface area contributed by atoms with Gasteiger partial charge in [-0.2, -0.15) is 0 Å². The summed E-state index contributed by atoms with van der Waals surface area (Å²) in [5.41, 5.74) is 2.08. The Balaban J connectivity index is 1.30. The maximum Gasteiger partial charge on any atom is 0.260 e. The van der Waals surface area contributed by atoms with Gasteiger partial charge < -0.3 is 14.2 Å². The van der Waals surface area contributed by atoms with Crippen molar-refractivity contribution in [1.82, 2.24) is 19.7 Å². The predicted molar refractivity (Wildman–Crippen MR) is 127 cm³/mol. The fourth-order valence-corrected chi connectivity index (χ4v) is 5.31. The van der Waals surface area contributed by atoms with Gasteiger partial charge in [0.25, 0.3) is 5.79 Å². The van der Waals surface area contributed by atoms with Gasteiger partial charge in [0.05, 0.1) is 31.1 Å². The molecular formula is C26H25ClN4O3. The first-order valence-corrected chi connectivity index (χ1v) is 12.0. The Bertz CT molecular complexity index is 1220. The molecule has 0 atom stereocenters. The zero-order valence-electron chi connectivity index (χ0n) is 18.6. The molecule has 7 nitrogen and oxygen atoms in total. The molecule has 0 radical (unpaired) electrons. The van der Waals surface area contributed by atoms with Gasteiger partial charge >= 0.3 is 0 Å². The number of benzene rings is 1. The summed E-state index contributed by atoms with van der Waals surface area (Å²) in [6.07, 6.45) is 13.8. The second-order valence-corrected chi connectivity index (χ2v) is 9.44. The van der Waals surface area contributed by atoms with E-state index in [0.717, 1.165) is 48.6 Å². The van der Waals surface area contributed by atoms with Crippen LogP contribution in [0, 0.1) is 0 Å². The molecule has 4 heterocycles. The molecule has 1 fully saturated rings. The third-order valence-corrected chi connectivity index (χ3v) is 6.96. The number of allylic oxidation sites excluding steroid dienone is 2. The van der Waals surface area contributed by atoms with Crippen LogP contribution in [0.3, 0.4) is 0 Å². The molecule has 0 saturated heterocycles. The standard InChI is InChI=1S/C26H25ClN4O3/c27-20-8-11-22-19(15-20)16-26(32-13-3-4-14-33-26)17-23-29-30-25(31(22)23)18-6-9-21(10-7-18)34-24-5-1-2-12-28-24/h1-5,8,11-15,18,21H,6-7,9-10,16-17H2. The highest BCUT2D eigenvalue weighted by Crippen LogP contribution is 2.39. The predicted octanol–water partition coefficient (Wildman–Crippen LogP) is 5.29. The van der Waals surface area contributed by atoms with E-state index in [0.29, 0.717) is 23.7 Å². The van der Waals surface area contributed by atoms with Crippen LogP contribution in [0.4, 0.5) is 0 Å². The van der Waals surface area contributed by atoms with Crippen LogP contribution in [-0.4, -0.2) is 31.6 Å². The molecule has 0 unspecified atom stereocenters. The Morgan fingerprint density at radius 3 is 2.56 bits per heavy atom. The summed E-state index contributed by atoms with van der Waals surface area (Å²) < 4.78 is 20.4. The number of ether oxygens (including phenoxy) is 3. The minimum atomic E-state index is -0.893. The number of rotatable bonds is 3. The van der Waals surface area contributed by atoms with Gasteiger partial charge in [-0.05, 0) is 67.7 Å². The number of pyridine rings is 1. The van der Waals surface area contributed by atoms with E-state index in [1.165, 1.54) is 0 Å². The zero-order chi connectivity index (χ0) is 23.0. The molecule has 1 aromatic carbocycles. The van der Waals surface area contributed by atoms with Crippen molar-refractivity contribution in [1.29, 1.82) is 0 Å². The number of aromatic nitrogens is 4. The number of hydrogen-bond donors (Lipinski definition) is 0. The summed E-state index contributed by atoms with van der Waals surface area (Å²) in [6.45, 7) is 0. The van der Waals surface area contributed by atoms with Crippen molar-refractivity contribution in [2.45, 2.75) is 56.3 Å². The summed E-state index contributed by atoms with van der Waals surface area (Å²) in [5.74, 6) is 1.89. The van der Waals surface area contributed by atoms with Gasteiger partial charge in [0.2, 0.25) is 5.88 Å². The molecule has 1 spiro atoms. The molecule has 8 heteroatoms. The van der Waals surface area contributed by atoms with E-state index in [9.17, 15) is 0 Å². The van der Waals surface area contributed by atoms with Gasteiger partial charge in [-0.3, -0.25) is 4.57 Å². The lowest BCUT2D eigenvalue weighted by molar-refractivity contribution is -0.169. The van der Waals surface area contributed by atoms with Crippen molar-refractivity contribution in [3.8, 4) is 11.6 Å². The zero-order valence-corrected chi connectivity index (χ0v) is 19.4. The van der Waals surface area contributed by atoms with E-state index in [2.05, 4.69) is 19.7 Å². The SMILES string of the molecule is Clc1ccc2c(c1)CC1(Cc3nnc(C4CCC(Oc5ccccn5)CC4)n3-2)OC=CC=CO1. The molecule has 1 aliphatic carbocycles. The van der Waals surface area contributed by atoms with Crippen LogP contribution in [0.5, 0.6) is 5.88 Å². The third kappa shape index (κ3) is 4.05. The van der Waals surface area contributed by atoms with Crippen molar-refractivity contribution in [3.05, 3.63) is 89.5 Å². The largest absolute Gasteiger partial charge is 0.474 e. The highest BCUT2D eigenvalue weighted by molar-refractivity contribution is 6.30. The van der Waals surface area contributed by atoms with E-state index < -0.39 is 5.79 Å². The summed E-state index contributed by atoms with van der Waals surface area (Å²) in [4.78, 5) is 4.30. The van der Waals surface area contributed by atoms with Crippen LogP contribution in [-0.2, 0) is 22.3 Å². The van der Waals surface area contributed by atoms with E-state index >= 15 is 0 Å². The highest BCUT2D eigenvalue weighted by atomic mass is 35.5. The van der Waals surface area contributed by atoms with E-state index in [4.69, 9.17) is 25.8 Å². The van der Waals surface area contributed by atoms with Crippen LogP contribution < -0.4 is 4.74 Å². The Hall–Kier alpha value is -3.32. The van der Waals surface area contributed by atoms with Crippen LogP contribution in [0.1, 0.15) is 48.8 Å². The molecule has 2 aromatic heterocycles. The molecule has 3 aromatic rings. The maximum absolute atomic E-state index is 6.39.